The van der Waals surface area contributed by atoms with E-state index in [1.807, 2.05) is 0 Å². The second kappa shape index (κ2) is 8.46. The molecular weight excluding hydrogens is 248 g/mol. The van der Waals surface area contributed by atoms with Crippen LogP contribution in [0.3, 0.4) is 0 Å². The molecule has 1 aliphatic carbocycles. The lowest BCUT2D eigenvalue weighted by Crippen LogP contribution is -2.34. The molecule has 0 saturated heterocycles. The summed E-state index contributed by atoms with van der Waals surface area (Å²) >= 11 is 0. The van der Waals surface area contributed by atoms with Crippen LogP contribution in [0.4, 0.5) is 0 Å². The fraction of sp³-hybridized carbons (Fsp3) is 0.824. The molecule has 1 atom stereocenters. The maximum Gasteiger partial charge on any atom is 0.223 e. The molecule has 0 aromatic heterocycles. The fourth-order valence-electron chi connectivity index (χ4n) is 3.53. The number of nitrogens with one attached hydrogen (secondary N) is 2. The minimum absolute atomic E-state index is 0.241. The van der Waals surface area contributed by atoms with Gasteiger partial charge in [-0.1, -0.05) is 50.7 Å². The summed E-state index contributed by atoms with van der Waals surface area (Å²) in [6, 6.07) is 0. The molecule has 2 aliphatic rings. The van der Waals surface area contributed by atoms with Crippen molar-refractivity contribution in [2.75, 3.05) is 19.6 Å². The van der Waals surface area contributed by atoms with Crippen LogP contribution < -0.4 is 10.6 Å². The van der Waals surface area contributed by atoms with Crippen molar-refractivity contribution in [3.63, 3.8) is 0 Å². The maximum atomic E-state index is 12.4. The normalized spacial score (nSPS) is 21.6. The van der Waals surface area contributed by atoms with Crippen molar-refractivity contribution in [2.45, 2.75) is 58.3 Å². The second-order valence-electron chi connectivity index (χ2n) is 6.41. The van der Waals surface area contributed by atoms with E-state index in [1.165, 1.54) is 31.3 Å². The first-order chi connectivity index (χ1) is 9.79. The van der Waals surface area contributed by atoms with Gasteiger partial charge in [0, 0.05) is 19.0 Å². The minimum atomic E-state index is 0.241. The van der Waals surface area contributed by atoms with Gasteiger partial charge in [-0.2, -0.15) is 0 Å². The zero-order valence-electron chi connectivity index (χ0n) is 12.9. The van der Waals surface area contributed by atoms with Crippen molar-refractivity contribution < 1.29 is 4.79 Å². The highest BCUT2D eigenvalue weighted by atomic mass is 16.1. The SMILES string of the molecule is CCCC(CC1CCCC1)C(=O)NCC1=CCNCC1. The van der Waals surface area contributed by atoms with Crippen LogP contribution in [0.25, 0.3) is 0 Å². The third-order valence-electron chi connectivity index (χ3n) is 4.75. The highest BCUT2D eigenvalue weighted by molar-refractivity contribution is 5.78. The quantitative estimate of drug-likeness (QED) is 0.703. The Bertz CT molecular complexity index is 332. The Balaban J connectivity index is 1.77. The molecule has 1 heterocycles. The van der Waals surface area contributed by atoms with Crippen LogP contribution in [0, 0.1) is 11.8 Å². The molecule has 2 N–H and O–H groups in total. The molecule has 1 unspecified atom stereocenters. The van der Waals surface area contributed by atoms with Crippen molar-refractivity contribution in [1.29, 1.82) is 0 Å². The van der Waals surface area contributed by atoms with E-state index in [-0.39, 0.29) is 11.8 Å². The predicted molar refractivity (Wildman–Crippen MR) is 83.6 cm³/mol. The van der Waals surface area contributed by atoms with Gasteiger partial charge in [0.05, 0.1) is 0 Å². The van der Waals surface area contributed by atoms with Gasteiger partial charge in [0.15, 0.2) is 0 Å². The van der Waals surface area contributed by atoms with E-state index >= 15 is 0 Å². The summed E-state index contributed by atoms with van der Waals surface area (Å²) in [5.74, 6) is 1.33. The first kappa shape index (κ1) is 15.6. The molecular formula is C17H30N2O. The first-order valence-corrected chi connectivity index (χ1v) is 8.46. The molecule has 1 saturated carbocycles. The fourth-order valence-corrected chi connectivity index (χ4v) is 3.53. The van der Waals surface area contributed by atoms with Crippen LogP contribution in [0.2, 0.25) is 0 Å². The number of rotatable bonds is 7. The molecule has 3 nitrogen and oxygen atoms in total. The van der Waals surface area contributed by atoms with Gasteiger partial charge in [-0.3, -0.25) is 4.79 Å². The lowest BCUT2D eigenvalue weighted by atomic mass is 9.89. The monoisotopic (exact) mass is 278 g/mol. The molecule has 0 spiro atoms. The summed E-state index contributed by atoms with van der Waals surface area (Å²) < 4.78 is 0. The van der Waals surface area contributed by atoms with Crippen molar-refractivity contribution in [3.8, 4) is 0 Å². The van der Waals surface area contributed by atoms with Crippen LogP contribution in [0.15, 0.2) is 11.6 Å². The lowest BCUT2D eigenvalue weighted by Gasteiger charge is -2.21. The molecule has 0 radical (unpaired) electrons. The third kappa shape index (κ3) is 4.93. The summed E-state index contributed by atoms with van der Waals surface area (Å²) in [5.41, 5.74) is 1.38. The largest absolute Gasteiger partial charge is 0.352 e. The summed E-state index contributed by atoms with van der Waals surface area (Å²) in [4.78, 5) is 12.4. The average molecular weight is 278 g/mol. The van der Waals surface area contributed by atoms with E-state index in [0.717, 1.165) is 51.2 Å². The Kier molecular flexibility index (Phi) is 6.58. The van der Waals surface area contributed by atoms with E-state index in [2.05, 4.69) is 23.6 Å². The van der Waals surface area contributed by atoms with Gasteiger partial charge in [-0.15, -0.1) is 0 Å². The highest BCUT2D eigenvalue weighted by Crippen LogP contribution is 2.31. The van der Waals surface area contributed by atoms with Gasteiger partial charge in [-0.25, -0.2) is 0 Å². The van der Waals surface area contributed by atoms with Crippen molar-refractivity contribution in [1.82, 2.24) is 10.6 Å². The molecule has 0 aromatic carbocycles. The van der Waals surface area contributed by atoms with Crippen LogP contribution in [-0.4, -0.2) is 25.5 Å². The molecule has 0 bridgehead atoms. The smallest absolute Gasteiger partial charge is 0.223 e. The number of hydrogen-bond acceptors (Lipinski definition) is 2. The van der Waals surface area contributed by atoms with E-state index < -0.39 is 0 Å². The number of hydrogen-bond donors (Lipinski definition) is 2. The van der Waals surface area contributed by atoms with Crippen molar-refractivity contribution in [3.05, 3.63) is 11.6 Å². The highest BCUT2D eigenvalue weighted by Gasteiger charge is 2.24. The van der Waals surface area contributed by atoms with E-state index in [1.54, 1.807) is 0 Å². The average Bonchev–Trinajstić information content (AvgIpc) is 2.98. The summed E-state index contributed by atoms with van der Waals surface area (Å²) in [6.07, 6.45) is 12.0. The van der Waals surface area contributed by atoms with Gasteiger partial charge < -0.3 is 10.6 Å². The van der Waals surface area contributed by atoms with E-state index in [9.17, 15) is 4.79 Å². The Labute approximate surface area is 123 Å². The maximum absolute atomic E-state index is 12.4. The van der Waals surface area contributed by atoms with Gasteiger partial charge in [0.2, 0.25) is 5.91 Å². The molecule has 1 fully saturated rings. The molecule has 114 valence electrons. The Morgan fingerprint density at radius 3 is 2.90 bits per heavy atom. The van der Waals surface area contributed by atoms with Crippen LogP contribution in [-0.2, 0) is 4.79 Å². The molecule has 20 heavy (non-hydrogen) atoms. The Morgan fingerprint density at radius 2 is 2.25 bits per heavy atom. The summed E-state index contributed by atoms with van der Waals surface area (Å²) in [6.45, 7) is 4.93. The minimum Gasteiger partial charge on any atom is -0.352 e. The Hall–Kier alpha value is -0.830. The molecule has 3 heteroatoms. The molecule has 1 aliphatic heterocycles. The molecule has 1 amide bonds. The zero-order valence-corrected chi connectivity index (χ0v) is 12.9. The molecule has 0 aromatic rings. The van der Waals surface area contributed by atoms with Crippen molar-refractivity contribution in [2.24, 2.45) is 11.8 Å². The molecule has 2 rings (SSSR count). The second-order valence-corrected chi connectivity index (χ2v) is 6.41. The third-order valence-corrected chi connectivity index (χ3v) is 4.75. The number of carbonyl (C=O) groups is 1. The lowest BCUT2D eigenvalue weighted by molar-refractivity contribution is -0.125. The van der Waals surface area contributed by atoms with Crippen LogP contribution in [0.1, 0.15) is 58.3 Å². The van der Waals surface area contributed by atoms with Crippen LogP contribution in [0.5, 0.6) is 0 Å². The Morgan fingerprint density at radius 1 is 1.45 bits per heavy atom. The van der Waals surface area contributed by atoms with Gasteiger partial charge in [0.25, 0.3) is 0 Å². The van der Waals surface area contributed by atoms with Gasteiger partial charge in [-0.05, 0) is 31.7 Å². The van der Waals surface area contributed by atoms with E-state index in [4.69, 9.17) is 0 Å². The summed E-state index contributed by atoms with van der Waals surface area (Å²) in [5, 5.41) is 6.48. The number of carbonyl (C=O) groups excluding carboxylic acids is 1. The van der Waals surface area contributed by atoms with Gasteiger partial charge >= 0.3 is 0 Å². The predicted octanol–water partition coefficient (Wildman–Crippen LogP) is 3.02. The topological polar surface area (TPSA) is 41.1 Å². The standard InChI is InChI=1S/C17H30N2O/c1-2-5-16(12-14-6-3-4-7-14)17(20)19-13-15-8-10-18-11-9-15/h8,14,16,18H,2-7,9-13H2,1H3,(H,19,20). The summed E-state index contributed by atoms with van der Waals surface area (Å²) in [7, 11) is 0. The van der Waals surface area contributed by atoms with E-state index in [0.29, 0.717) is 0 Å². The number of amides is 1. The van der Waals surface area contributed by atoms with Crippen molar-refractivity contribution >= 4 is 5.91 Å². The van der Waals surface area contributed by atoms with Crippen LogP contribution >= 0.6 is 0 Å². The first-order valence-electron chi connectivity index (χ1n) is 8.46. The van der Waals surface area contributed by atoms with Gasteiger partial charge in [0.1, 0.15) is 0 Å². The zero-order chi connectivity index (χ0) is 14.2.